The van der Waals surface area contributed by atoms with Gasteiger partial charge < -0.3 is 4.98 Å². The van der Waals surface area contributed by atoms with Crippen molar-refractivity contribution in [2.75, 3.05) is 0 Å². The molecular formula is C14H8BrN3. The molecule has 3 aromatic rings. The summed E-state index contributed by atoms with van der Waals surface area (Å²) in [6.07, 6.45) is 0. The molecule has 0 radical (unpaired) electrons. The van der Waals surface area contributed by atoms with E-state index in [0.717, 1.165) is 26.9 Å². The molecule has 1 heterocycles. The van der Waals surface area contributed by atoms with Gasteiger partial charge in [0.25, 0.3) is 0 Å². The first-order valence-electron chi connectivity index (χ1n) is 5.42. The molecule has 3 rings (SSSR count). The molecule has 0 bridgehead atoms. The Balaban J connectivity index is 2.13. The minimum Gasteiger partial charge on any atom is -0.338 e. The highest BCUT2D eigenvalue weighted by Gasteiger charge is 2.05. The average Bonchev–Trinajstić information content (AvgIpc) is 2.82. The molecule has 2 aromatic carbocycles. The number of imidazole rings is 1. The van der Waals surface area contributed by atoms with Crippen molar-refractivity contribution in [3.05, 3.63) is 52.5 Å². The van der Waals surface area contributed by atoms with Gasteiger partial charge in [-0.1, -0.05) is 28.1 Å². The molecule has 18 heavy (non-hydrogen) atoms. The molecule has 4 heteroatoms. The van der Waals surface area contributed by atoms with Crippen molar-refractivity contribution in [3.8, 4) is 17.5 Å². The molecule has 1 aromatic heterocycles. The molecule has 0 spiro atoms. The van der Waals surface area contributed by atoms with Gasteiger partial charge in [-0.3, -0.25) is 0 Å². The first-order valence-corrected chi connectivity index (χ1v) is 6.21. The molecule has 86 valence electrons. The fraction of sp³-hybridized carbons (Fsp3) is 0. The van der Waals surface area contributed by atoms with Gasteiger partial charge in [0, 0.05) is 10.0 Å². The molecule has 0 amide bonds. The van der Waals surface area contributed by atoms with Crippen molar-refractivity contribution in [1.82, 2.24) is 9.97 Å². The minimum absolute atomic E-state index is 0.633. The zero-order chi connectivity index (χ0) is 12.5. The highest BCUT2D eigenvalue weighted by molar-refractivity contribution is 9.10. The van der Waals surface area contributed by atoms with Crippen LogP contribution in [0.3, 0.4) is 0 Å². The molecule has 0 saturated heterocycles. The summed E-state index contributed by atoms with van der Waals surface area (Å²) in [7, 11) is 0. The van der Waals surface area contributed by atoms with E-state index in [1.807, 2.05) is 36.4 Å². The lowest BCUT2D eigenvalue weighted by Gasteiger charge is -1.95. The van der Waals surface area contributed by atoms with Crippen LogP contribution < -0.4 is 0 Å². The average molecular weight is 298 g/mol. The Morgan fingerprint density at radius 3 is 2.61 bits per heavy atom. The van der Waals surface area contributed by atoms with E-state index in [0.29, 0.717) is 5.56 Å². The molecule has 0 atom stereocenters. The first kappa shape index (κ1) is 11.0. The van der Waals surface area contributed by atoms with Crippen molar-refractivity contribution in [2.45, 2.75) is 0 Å². The minimum atomic E-state index is 0.633. The summed E-state index contributed by atoms with van der Waals surface area (Å²) in [5, 5.41) is 8.86. The lowest BCUT2D eigenvalue weighted by molar-refractivity contribution is 1.33. The van der Waals surface area contributed by atoms with Gasteiger partial charge in [-0.05, 0) is 30.3 Å². The van der Waals surface area contributed by atoms with Gasteiger partial charge in [-0.15, -0.1) is 0 Å². The van der Waals surface area contributed by atoms with Crippen LogP contribution in [0, 0.1) is 11.3 Å². The van der Waals surface area contributed by atoms with E-state index in [-0.39, 0.29) is 0 Å². The van der Waals surface area contributed by atoms with Crippen LogP contribution in [0.2, 0.25) is 0 Å². The lowest BCUT2D eigenvalue weighted by atomic mass is 10.2. The van der Waals surface area contributed by atoms with E-state index in [2.05, 4.69) is 32.0 Å². The van der Waals surface area contributed by atoms with Crippen LogP contribution in [0.25, 0.3) is 22.4 Å². The van der Waals surface area contributed by atoms with Crippen molar-refractivity contribution >= 4 is 27.0 Å². The number of hydrogen-bond donors (Lipinski definition) is 1. The lowest BCUT2D eigenvalue weighted by Crippen LogP contribution is -1.78. The fourth-order valence-corrected chi connectivity index (χ4v) is 2.09. The van der Waals surface area contributed by atoms with Gasteiger partial charge in [0.05, 0.1) is 22.7 Å². The Morgan fingerprint density at radius 2 is 1.89 bits per heavy atom. The second-order valence-corrected chi connectivity index (χ2v) is 4.85. The van der Waals surface area contributed by atoms with E-state index in [4.69, 9.17) is 5.26 Å². The van der Waals surface area contributed by atoms with Gasteiger partial charge in [-0.25, -0.2) is 4.98 Å². The van der Waals surface area contributed by atoms with Crippen LogP contribution in [0.5, 0.6) is 0 Å². The molecule has 0 aliphatic heterocycles. The number of aromatic nitrogens is 2. The predicted molar refractivity (Wildman–Crippen MR) is 73.9 cm³/mol. The Morgan fingerprint density at radius 1 is 1.11 bits per heavy atom. The number of nitriles is 1. The Hall–Kier alpha value is -2.12. The van der Waals surface area contributed by atoms with Gasteiger partial charge >= 0.3 is 0 Å². The maximum absolute atomic E-state index is 8.86. The maximum atomic E-state index is 8.86. The number of nitrogens with one attached hydrogen (secondary N) is 1. The maximum Gasteiger partial charge on any atom is 0.138 e. The quantitative estimate of drug-likeness (QED) is 0.741. The largest absolute Gasteiger partial charge is 0.338 e. The van der Waals surface area contributed by atoms with Crippen molar-refractivity contribution in [2.24, 2.45) is 0 Å². The highest BCUT2D eigenvalue weighted by atomic mass is 79.9. The number of fused-ring (bicyclic) bond motifs is 1. The molecule has 0 saturated carbocycles. The van der Waals surface area contributed by atoms with Crippen LogP contribution in [0.1, 0.15) is 5.56 Å². The van der Waals surface area contributed by atoms with Crippen LogP contribution >= 0.6 is 15.9 Å². The number of nitrogens with zero attached hydrogens (tertiary/aromatic N) is 2. The molecule has 0 aliphatic rings. The van der Waals surface area contributed by atoms with E-state index in [1.165, 1.54) is 0 Å². The van der Waals surface area contributed by atoms with E-state index < -0.39 is 0 Å². The third-order valence-corrected chi connectivity index (χ3v) is 3.26. The number of rotatable bonds is 1. The zero-order valence-electron chi connectivity index (χ0n) is 9.31. The van der Waals surface area contributed by atoms with Crippen LogP contribution in [-0.4, -0.2) is 9.97 Å². The monoisotopic (exact) mass is 297 g/mol. The van der Waals surface area contributed by atoms with E-state index >= 15 is 0 Å². The van der Waals surface area contributed by atoms with E-state index in [1.54, 1.807) is 6.07 Å². The van der Waals surface area contributed by atoms with Crippen LogP contribution in [-0.2, 0) is 0 Å². The fourth-order valence-electron chi connectivity index (χ4n) is 1.82. The topological polar surface area (TPSA) is 52.5 Å². The van der Waals surface area contributed by atoms with Gasteiger partial charge in [0.15, 0.2) is 0 Å². The zero-order valence-corrected chi connectivity index (χ0v) is 10.9. The Labute approximate surface area is 112 Å². The second kappa shape index (κ2) is 4.28. The normalized spacial score (nSPS) is 10.4. The molecule has 1 N–H and O–H groups in total. The highest BCUT2D eigenvalue weighted by Crippen LogP contribution is 2.22. The van der Waals surface area contributed by atoms with Crippen LogP contribution in [0.15, 0.2) is 46.9 Å². The molecule has 0 fully saturated rings. The summed E-state index contributed by atoms with van der Waals surface area (Å²) < 4.78 is 1.04. The third-order valence-electron chi connectivity index (χ3n) is 2.73. The van der Waals surface area contributed by atoms with E-state index in [9.17, 15) is 0 Å². The SMILES string of the molecule is N#Cc1ccc2nc(-c3ccc(Br)cc3)[nH]c2c1. The first-order chi connectivity index (χ1) is 8.76. The Kier molecular flexibility index (Phi) is 2.62. The summed E-state index contributed by atoms with van der Waals surface area (Å²) >= 11 is 3.40. The summed E-state index contributed by atoms with van der Waals surface area (Å²) in [6.45, 7) is 0. The molecule has 3 nitrogen and oxygen atoms in total. The Bertz CT molecular complexity index is 751. The van der Waals surface area contributed by atoms with Gasteiger partial charge in [0.1, 0.15) is 5.82 Å². The van der Waals surface area contributed by atoms with Crippen molar-refractivity contribution < 1.29 is 0 Å². The predicted octanol–water partition coefficient (Wildman–Crippen LogP) is 3.86. The number of aromatic amines is 1. The van der Waals surface area contributed by atoms with Gasteiger partial charge in [0.2, 0.25) is 0 Å². The van der Waals surface area contributed by atoms with Gasteiger partial charge in [-0.2, -0.15) is 5.26 Å². The van der Waals surface area contributed by atoms with Crippen molar-refractivity contribution in [1.29, 1.82) is 5.26 Å². The third kappa shape index (κ3) is 1.89. The number of benzene rings is 2. The van der Waals surface area contributed by atoms with Crippen molar-refractivity contribution in [3.63, 3.8) is 0 Å². The number of halogens is 1. The summed E-state index contributed by atoms with van der Waals surface area (Å²) in [6, 6.07) is 15.5. The smallest absolute Gasteiger partial charge is 0.138 e. The van der Waals surface area contributed by atoms with Crippen LogP contribution in [0.4, 0.5) is 0 Å². The number of H-pyrrole nitrogens is 1. The summed E-state index contributed by atoms with van der Waals surface area (Å²) in [5.41, 5.74) is 3.40. The molecule has 0 aliphatic carbocycles. The number of hydrogen-bond acceptors (Lipinski definition) is 2. The standard InChI is InChI=1S/C14H8BrN3/c15-11-4-2-10(3-5-11)14-17-12-6-1-9(8-16)7-13(12)18-14/h1-7H,(H,17,18). The summed E-state index contributed by atoms with van der Waals surface area (Å²) in [4.78, 5) is 7.74. The molecular weight excluding hydrogens is 290 g/mol. The second-order valence-electron chi connectivity index (χ2n) is 3.94. The summed E-state index contributed by atoms with van der Waals surface area (Å²) in [5.74, 6) is 0.813. The molecule has 0 unspecified atom stereocenters.